The van der Waals surface area contributed by atoms with Crippen LogP contribution >= 0.6 is 11.3 Å². The second kappa shape index (κ2) is 4.87. The lowest BCUT2D eigenvalue weighted by atomic mass is 10.1. The SMILES string of the molecule is N#Cc1cc2c(nc1Nc1ccc3sccc3c1)CCC2. The number of hydrogen-bond donors (Lipinski definition) is 1. The van der Waals surface area contributed by atoms with Crippen LogP contribution in [0, 0.1) is 11.3 Å². The highest BCUT2D eigenvalue weighted by molar-refractivity contribution is 7.17. The Morgan fingerprint density at radius 3 is 3.05 bits per heavy atom. The molecule has 102 valence electrons. The highest BCUT2D eigenvalue weighted by atomic mass is 32.1. The average molecular weight is 291 g/mol. The first-order chi connectivity index (χ1) is 10.3. The summed E-state index contributed by atoms with van der Waals surface area (Å²) < 4.78 is 1.27. The first-order valence-electron chi connectivity index (χ1n) is 7.01. The maximum Gasteiger partial charge on any atom is 0.148 e. The number of hydrogen-bond acceptors (Lipinski definition) is 4. The van der Waals surface area contributed by atoms with Crippen molar-refractivity contribution in [3.05, 3.63) is 52.5 Å². The van der Waals surface area contributed by atoms with Crippen molar-refractivity contribution in [3.8, 4) is 6.07 Å². The van der Waals surface area contributed by atoms with E-state index < -0.39 is 0 Å². The molecule has 3 nitrogen and oxygen atoms in total. The van der Waals surface area contributed by atoms with Crippen LogP contribution in [0.2, 0.25) is 0 Å². The average Bonchev–Trinajstić information content (AvgIpc) is 3.13. The third-order valence-electron chi connectivity index (χ3n) is 3.89. The zero-order valence-electron chi connectivity index (χ0n) is 11.4. The Labute approximate surface area is 126 Å². The lowest BCUT2D eigenvalue weighted by molar-refractivity contribution is 0.900. The number of rotatable bonds is 2. The van der Waals surface area contributed by atoms with Gasteiger partial charge in [0.05, 0.1) is 5.56 Å². The zero-order chi connectivity index (χ0) is 14.2. The maximum absolute atomic E-state index is 9.34. The summed E-state index contributed by atoms with van der Waals surface area (Å²) in [5.74, 6) is 0.674. The van der Waals surface area contributed by atoms with Crippen LogP contribution < -0.4 is 5.32 Å². The maximum atomic E-state index is 9.34. The van der Waals surface area contributed by atoms with Gasteiger partial charge >= 0.3 is 0 Å². The number of aryl methyl sites for hydroxylation is 2. The summed E-state index contributed by atoms with van der Waals surface area (Å²) in [4.78, 5) is 4.66. The number of aromatic nitrogens is 1. The summed E-state index contributed by atoms with van der Waals surface area (Å²) in [7, 11) is 0. The molecule has 1 N–H and O–H groups in total. The van der Waals surface area contributed by atoms with Gasteiger partial charge < -0.3 is 5.32 Å². The highest BCUT2D eigenvalue weighted by Gasteiger charge is 2.16. The second-order valence-electron chi connectivity index (χ2n) is 5.25. The number of nitrogens with zero attached hydrogens (tertiary/aromatic N) is 2. The predicted octanol–water partition coefficient (Wildman–Crippen LogP) is 4.40. The van der Waals surface area contributed by atoms with Gasteiger partial charge in [0.1, 0.15) is 11.9 Å². The van der Waals surface area contributed by atoms with Crippen LogP contribution in [0.15, 0.2) is 35.7 Å². The number of fused-ring (bicyclic) bond motifs is 2. The van der Waals surface area contributed by atoms with Gasteiger partial charge in [-0.25, -0.2) is 4.98 Å². The van der Waals surface area contributed by atoms with Crippen LogP contribution in [0.4, 0.5) is 11.5 Å². The molecule has 1 aliphatic carbocycles. The van der Waals surface area contributed by atoms with Crippen LogP contribution in [0.5, 0.6) is 0 Å². The molecule has 0 saturated carbocycles. The normalized spacial score (nSPS) is 13.1. The standard InChI is InChI=1S/C17H13N3S/c18-10-13-8-11-2-1-3-15(11)20-17(13)19-14-4-5-16-12(9-14)6-7-21-16/h4-9H,1-3H2,(H,19,20). The predicted molar refractivity (Wildman–Crippen MR) is 86.1 cm³/mol. The monoisotopic (exact) mass is 291 g/mol. The van der Waals surface area contributed by atoms with E-state index in [1.54, 1.807) is 11.3 Å². The minimum atomic E-state index is 0.626. The molecule has 21 heavy (non-hydrogen) atoms. The minimum Gasteiger partial charge on any atom is -0.339 e. The molecule has 0 spiro atoms. The largest absolute Gasteiger partial charge is 0.339 e. The molecule has 0 aliphatic heterocycles. The highest BCUT2D eigenvalue weighted by Crippen LogP contribution is 2.29. The molecule has 0 amide bonds. The Hall–Kier alpha value is -2.38. The topological polar surface area (TPSA) is 48.7 Å². The van der Waals surface area contributed by atoms with Gasteiger partial charge in [0.25, 0.3) is 0 Å². The molecular weight excluding hydrogens is 278 g/mol. The molecule has 1 aliphatic rings. The van der Waals surface area contributed by atoms with E-state index in [1.165, 1.54) is 15.6 Å². The van der Waals surface area contributed by atoms with Crippen molar-refractivity contribution in [3.63, 3.8) is 0 Å². The number of thiophene rings is 1. The van der Waals surface area contributed by atoms with E-state index in [0.29, 0.717) is 11.4 Å². The van der Waals surface area contributed by atoms with E-state index in [-0.39, 0.29) is 0 Å². The lowest BCUT2D eigenvalue weighted by Crippen LogP contribution is -2.00. The second-order valence-corrected chi connectivity index (χ2v) is 6.20. The Balaban J connectivity index is 1.74. The van der Waals surface area contributed by atoms with Gasteiger partial charge in [0.15, 0.2) is 0 Å². The van der Waals surface area contributed by atoms with Gasteiger partial charge in [0.2, 0.25) is 0 Å². The van der Waals surface area contributed by atoms with Gasteiger partial charge in [-0.3, -0.25) is 0 Å². The Bertz CT molecular complexity index is 873. The summed E-state index contributed by atoms with van der Waals surface area (Å²) in [6.07, 6.45) is 3.19. The van der Waals surface area contributed by atoms with Gasteiger partial charge in [-0.1, -0.05) is 0 Å². The Kier molecular flexibility index (Phi) is 2.87. The molecule has 0 unspecified atom stereocenters. The van der Waals surface area contributed by atoms with Gasteiger partial charge in [-0.2, -0.15) is 5.26 Å². The Morgan fingerprint density at radius 1 is 1.19 bits per heavy atom. The summed E-state index contributed by atoms with van der Waals surface area (Å²) >= 11 is 1.73. The van der Waals surface area contributed by atoms with Gasteiger partial charge in [-0.15, -0.1) is 11.3 Å². The molecule has 1 aromatic carbocycles. The van der Waals surface area contributed by atoms with E-state index in [0.717, 1.165) is 30.6 Å². The number of anilines is 2. The molecular formula is C17H13N3S. The molecule has 0 fully saturated rings. The first kappa shape index (κ1) is 12.4. The molecule has 0 atom stereocenters. The van der Waals surface area contributed by atoms with E-state index >= 15 is 0 Å². The molecule has 4 heteroatoms. The van der Waals surface area contributed by atoms with Crippen molar-refractivity contribution in [1.82, 2.24) is 4.98 Å². The third kappa shape index (κ3) is 2.16. The molecule has 0 bridgehead atoms. The lowest BCUT2D eigenvalue weighted by Gasteiger charge is -2.10. The van der Waals surface area contributed by atoms with E-state index in [2.05, 4.69) is 39.9 Å². The summed E-state index contributed by atoms with van der Waals surface area (Å²) in [6, 6.07) is 12.6. The zero-order valence-corrected chi connectivity index (χ0v) is 12.2. The van der Waals surface area contributed by atoms with Crippen molar-refractivity contribution in [2.45, 2.75) is 19.3 Å². The quantitative estimate of drug-likeness (QED) is 0.761. The number of nitrogens with one attached hydrogen (secondary N) is 1. The number of pyridine rings is 1. The summed E-state index contributed by atoms with van der Waals surface area (Å²) in [5.41, 5.74) is 3.96. The molecule has 2 heterocycles. The van der Waals surface area contributed by atoms with Gasteiger partial charge in [0, 0.05) is 16.1 Å². The molecule has 2 aromatic heterocycles. The van der Waals surface area contributed by atoms with E-state index in [9.17, 15) is 5.26 Å². The fourth-order valence-corrected chi connectivity index (χ4v) is 3.60. The van der Waals surface area contributed by atoms with Crippen LogP contribution in [0.25, 0.3) is 10.1 Å². The van der Waals surface area contributed by atoms with Crippen molar-refractivity contribution in [2.24, 2.45) is 0 Å². The molecule has 0 saturated heterocycles. The van der Waals surface area contributed by atoms with Crippen molar-refractivity contribution >= 4 is 32.9 Å². The fraction of sp³-hybridized carbons (Fsp3) is 0.176. The number of benzene rings is 1. The Morgan fingerprint density at radius 2 is 2.14 bits per heavy atom. The molecule has 0 radical (unpaired) electrons. The van der Waals surface area contributed by atoms with Crippen molar-refractivity contribution in [1.29, 1.82) is 5.26 Å². The fourth-order valence-electron chi connectivity index (χ4n) is 2.83. The van der Waals surface area contributed by atoms with Gasteiger partial charge in [-0.05, 0) is 65.9 Å². The first-order valence-corrected chi connectivity index (χ1v) is 7.88. The van der Waals surface area contributed by atoms with Crippen LogP contribution in [-0.4, -0.2) is 4.98 Å². The summed E-state index contributed by atoms with van der Waals surface area (Å²) in [6.45, 7) is 0. The van der Waals surface area contributed by atoms with Crippen molar-refractivity contribution in [2.75, 3.05) is 5.32 Å². The molecule has 4 rings (SSSR count). The third-order valence-corrected chi connectivity index (χ3v) is 4.78. The van der Waals surface area contributed by atoms with Crippen molar-refractivity contribution < 1.29 is 0 Å². The smallest absolute Gasteiger partial charge is 0.148 e. The van der Waals surface area contributed by atoms with Crippen LogP contribution in [-0.2, 0) is 12.8 Å². The van der Waals surface area contributed by atoms with E-state index in [1.807, 2.05) is 12.1 Å². The minimum absolute atomic E-state index is 0.626. The number of nitriles is 1. The summed E-state index contributed by atoms with van der Waals surface area (Å²) in [5, 5.41) is 15.9. The molecule has 3 aromatic rings. The van der Waals surface area contributed by atoms with Crippen LogP contribution in [0.3, 0.4) is 0 Å². The van der Waals surface area contributed by atoms with Crippen LogP contribution in [0.1, 0.15) is 23.2 Å². The van der Waals surface area contributed by atoms with E-state index in [4.69, 9.17) is 0 Å².